The molecule has 0 heterocycles. The van der Waals surface area contributed by atoms with Crippen molar-refractivity contribution in [2.24, 2.45) is 0 Å². The molecule has 6 nitrogen and oxygen atoms in total. The molecule has 0 aromatic carbocycles. The number of likely N-dealkylation sites (N-methyl/N-ethyl adjacent to an activating group) is 1. The Hall–Kier alpha value is -1.63. The van der Waals surface area contributed by atoms with Crippen molar-refractivity contribution in [3.8, 4) is 0 Å². The molecule has 0 aliphatic carbocycles. The molecule has 0 radical (unpaired) electrons. The van der Waals surface area contributed by atoms with Crippen LogP contribution in [0, 0.1) is 0 Å². The summed E-state index contributed by atoms with van der Waals surface area (Å²) in [6, 6.07) is 0.322. The van der Waals surface area contributed by atoms with E-state index in [2.05, 4.69) is 70.6 Å². The Bertz CT molecular complexity index is 843. The maximum atomic E-state index is 12.5. The first kappa shape index (κ1) is 53.4. The highest BCUT2D eigenvalue weighted by atomic mass is 16.5. The van der Waals surface area contributed by atoms with Gasteiger partial charge in [0.15, 0.2) is 0 Å². The molecule has 0 saturated carbocycles. The Morgan fingerprint density at radius 2 is 1.00 bits per heavy atom. The zero-order chi connectivity index (χ0) is 40.5. The highest BCUT2D eigenvalue weighted by Crippen LogP contribution is 2.15. The molecule has 0 aromatic rings. The van der Waals surface area contributed by atoms with E-state index >= 15 is 0 Å². The van der Waals surface area contributed by atoms with Gasteiger partial charge in [-0.25, -0.2) is 0 Å². The van der Waals surface area contributed by atoms with Gasteiger partial charge in [-0.1, -0.05) is 147 Å². The maximum Gasteiger partial charge on any atom is 0.305 e. The number of carbonyl (C=O) groups is 1. The van der Waals surface area contributed by atoms with E-state index in [-0.39, 0.29) is 12.6 Å². The van der Waals surface area contributed by atoms with Gasteiger partial charge in [-0.15, -0.1) is 0 Å². The standard InChI is InChI=1S/C49H95N2O4/c1-7-9-11-13-15-17-19-21-23-25-27-29-31-33-35-37-48(4)54-45-40-50(47(3)39-42-51(5,6)43-44-52)41-46-55-49(53)38-36-34-32-30-28-26-24-22-20-18-16-14-12-10-8-2/h21-24,47,52H,4,7-20,25-46H2,1-3,5-6H3/q+1/b23-21-,24-22-/t47-/m0/s1. The number of allylic oxidation sites excluding steroid dienone is 5. The summed E-state index contributed by atoms with van der Waals surface area (Å²) < 4.78 is 12.6. The summed E-state index contributed by atoms with van der Waals surface area (Å²) in [5.74, 6) is 0.813. The summed E-state index contributed by atoms with van der Waals surface area (Å²) in [6.45, 7) is 15.5. The molecule has 0 aliphatic heterocycles. The molecule has 0 aromatic heterocycles. The molecule has 0 rings (SSSR count). The topological polar surface area (TPSA) is 59.0 Å². The van der Waals surface area contributed by atoms with Gasteiger partial charge in [-0.05, 0) is 71.1 Å². The van der Waals surface area contributed by atoms with Crippen LogP contribution < -0.4 is 0 Å². The highest BCUT2D eigenvalue weighted by Gasteiger charge is 2.20. The third-order valence-electron chi connectivity index (χ3n) is 11.2. The number of aliphatic hydroxyl groups excluding tert-OH is 1. The number of carbonyl (C=O) groups excluding carboxylic acids is 1. The molecule has 0 saturated heterocycles. The molecular weight excluding hydrogens is 681 g/mol. The average molecular weight is 776 g/mol. The minimum Gasteiger partial charge on any atom is -0.497 e. The Labute approximate surface area is 343 Å². The largest absolute Gasteiger partial charge is 0.497 e. The lowest BCUT2D eigenvalue weighted by molar-refractivity contribution is -0.891. The number of nitrogens with zero attached hydrogens (tertiary/aromatic N) is 2. The first-order valence-corrected chi connectivity index (χ1v) is 23.7. The van der Waals surface area contributed by atoms with Crippen LogP contribution in [0.25, 0.3) is 0 Å². The third kappa shape index (κ3) is 39.0. The molecule has 1 N–H and O–H groups in total. The Kier molecular flexibility index (Phi) is 39.4. The lowest BCUT2D eigenvalue weighted by Crippen LogP contribution is -2.46. The molecule has 0 amide bonds. The van der Waals surface area contributed by atoms with E-state index in [4.69, 9.17) is 9.47 Å². The number of rotatable bonds is 43. The number of quaternary nitrogens is 1. The van der Waals surface area contributed by atoms with Crippen LogP contribution in [0.15, 0.2) is 36.6 Å². The van der Waals surface area contributed by atoms with Crippen molar-refractivity contribution in [1.82, 2.24) is 4.90 Å². The Balaban J connectivity index is 4.22. The molecule has 55 heavy (non-hydrogen) atoms. The third-order valence-corrected chi connectivity index (χ3v) is 11.2. The van der Waals surface area contributed by atoms with Crippen molar-refractivity contribution in [3.05, 3.63) is 36.6 Å². The zero-order valence-electron chi connectivity index (χ0n) is 37.6. The zero-order valence-corrected chi connectivity index (χ0v) is 37.6. The lowest BCUT2D eigenvalue weighted by atomic mass is 10.1. The SMILES string of the molecule is C=C(CCCCCCC/C=C\CCCCCCCC)OCCN(CCOC(=O)CCCCCCC/C=C\CCCCCCCC)[C@@H](C)CC[N+](C)(C)CCO. The lowest BCUT2D eigenvalue weighted by Gasteiger charge is -2.34. The van der Waals surface area contributed by atoms with Crippen molar-refractivity contribution in [3.63, 3.8) is 0 Å². The molecule has 0 unspecified atom stereocenters. The number of esters is 1. The second kappa shape index (κ2) is 40.6. The van der Waals surface area contributed by atoms with E-state index in [0.29, 0.717) is 32.2 Å². The second-order valence-electron chi connectivity index (χ2n) is 17.1. The number of hydrogen-bond donors (Lipinski definition) is 1. The second-order valence-corrected chi connectivity index (χ2v) is 17.1. The minimum absolute atomic E-state index is 0.0735. The summed E-state index contributed by atoms with van der Waals surface area (Å²) in [5, 5.41) is 9.47. The Morgan fingerprint density at radius 1 is 0.600 bits per heavy atom. The predicted molar refractivity (Wildman–Crippen MR) is 240 cm³/mol. The van der Waals surface area contributed by atoms with E-state index in [9.17, 15) is 9.90 Å². The number of hydrogen-bond acceptors (Lipinski definition) is 5. The quantitative estimate of drug-likeness (QED) is 0.0220. The fraction of sp³-hybridized carbons (Fsp3) is 0.857. The van der Waals surface area contributed by atoms with Crippen LogP contribution in [0.4, 0.5) is 0 Å². The molecule has 0 aliphatic rings. The van der Waals surface area contributed by atoms with E-state index in [1.807, 2.05) is 0 Å². The molecule has 6 heteroatoms. The molecule has 0 bridgehead atoms. The van der Waals surface area contributed by atoms with Crippen LogP contribution in [0.1, 0.15) is 207 Å². The van der Waals surface area contributed by atoms with Crippen molar-refractivity contribution in [2.45, 2.75) is 213 Å². The van der Waals surface area contributed by atoms with E-state index in [0.717, 1.165) is 62.0 Å². The van der Waals surface area contributed by atoms with Gasteiger partial charge in [-0.3, -0.25) is 9.69 Å². The van der Waals surface area contributed by atoms with Crippen LogP contribution in [0.2, 0.25) is 0 Å². The average Bonchev–Trinajstić information content (AvgIpc) is 3.16. The van der Waals surface area contributed by atoms with Crippen LogP contribution in [0.3, 0.4) is 0 Å². The summed E-state index contributed by atoms with van der Waals surface area (Å²) >= 11 is 0. The van der Waals surface area contributed by atoms with Crippen LogP contribution >= 0.6 is 0 Å². The monoisotopic (exact) mass is 776 g/mol. The van der Waals surface area contributed by atoms with Crippen molar-refractivity contribution in [2.75, 3.05) is 60.1 Å². The number of unbranched alkanes of at least 4 members (excludes halogenated alkanes) is 22. The van der Waals surface area contributed by atoms with Gasteiger partial charge in [0, 0.05) is 38.4 Å². The molecule has 324 valence electrons. The number of aliphatic hydroxyl groups is 1. The predicted octanol–water partition coefficient (Wildman–Crippen LogP) is 13.3. The fourth-order valence-corrected chi connectivity index (χ4v) is 7.12. The summed E-state index contributed by atoms with van der Waals surface area (Å²) in [4.78, 5) is 14.9. The summed E-state index contributed by atoms with van der Waals surface area (Å²) in [6.07, 6.45) is 45.2. The van der Waals surface area contributed by atoms with Gasteiger partial charge in [0.05, 0.1) is 33.0 Å². The van der Waals surface area contributed by atoms with E-state index in [1.54, 1.807) is 0 Å². The van der Waals surface area contributed by atoms with E-state index < -0.39 is 0 Å². The van der Waals surface area contributed by atoms with Gasteiger partial charge < -0.3 is 19.1 Å². The summed E-state index contributed by atoms with van der Waals surface area (Å²) in [5.41, 5.74) is 0. The van der Waals surface area contributed by atoms with Gasteiger partial charge >= 0.3 is 5.97 Å². The van der Waals surface area contributed by atoms with Crippen molar-refractivity contribution >= 4 is 5.97 Å². The van der Waals surface area contributed by atoms with Crippen LogP contribution in [0.5, 0.6) is 0 Å². The highest BCUT2D eigenvalue weighted by molar-refractivity contribution is 5.69. The smallest absolute Gasteiger partial charge is 0.305 e. The maximum absolute atomic E-state index is 12.5. The minimum atomic E-state index is -0.0735. The van der Waals surface area contributed by atoms with Gasteiger partial charge in [0.1, 0.15) is 19.8 Å². The van der Waals surface area contributed by atoms with Gasteiger partial charge in [0.2, 0.25) is 0 Å². The molecule has 0 fully saturated rings. The Morgan fingerprint density at radius 3 is 1.45 bits per heavy atom. The van der Waals surface area contributed by atoms with Gasteiger partial charge in [-0.2, -0.15) is 0 Å². The molecule has 1 atom stereocenters. The van der Waals surface area contributed by atoms with Crippen LogP contribution in [-0.2, 0) is 14.3 Å². The van der Waals surface area contributed by atoms with Crippen molar-refractivity contribution in [1.29, 1.82) is 0 Å². The normalized spacial score (nSPS) is 12.7. The summed E-state index contributed by atoms with van der Waals surface area (Å²) in [7, 11) is 4.35. The number of ether oxygens (including phenoxy) is 2. The fourth-order valence-electron chi connectivity index (χ4n) is 7.12. The first-order valence-electron chi connectivity index (χ1n) is 23.7. The van der Waals surface area contributed by atoms with Gasteiger partial charge in [0.25, 0.3) is 0 Å². The first-order chi connectivity index (χ1) is 26.8. The molecular formula is C49H95N2O4+. The molecule has 0 spiro atoms. The van der Waals surface area contributed by atoms with E-state index in [1.165, 1.54) is 148 Å². The van der Waals surface area contributed by atoms with Crippen LogP contribution in [-0.4, -0.2) is 86.6 Å². The van der Waals surface area contributed by atoms with Crippen molar-refractivity contribution < 1.29 is 23.9 Å².